The maximum atomic E-state index is 11.7. The van der Waals surface area contributed by atoms with Gasteiger partial charge in [-0.05, 0) is 33.2 Å². The fraction of sp³-hybridized carbons (Fsp3) is 0.900. The zero-order valence-electron chi connectivity index (χ0n) is 8.76. The van der Waals surface area contributed by atoms with E-state index in [1.165, 1.54) is 0 Å². The van der Waals surface area contributed by atoms with Gasteiger partial charge in [0.1, 0.15) is 5.60 Å². The number of rotatable bonds is 0. The molecule has 1 atom stereocenters. The van der Waals surface area contributed by atoms with E-state index >= 15 is 0 Å². The molecule has 0 bridgehead atoms. The van der Waals surface area contributed by atoms with Crippen LogP contribution in [0.5, 0.6) is 0 Å². The quantitative estimate of drug-likeness (QED) is 0.628. The molecule has 2 aliphatic heterocycles. The van der Waals surface area contributed by atoms with Crippen molar-refractivity contribution in [1.82, 2.24) is 5.32 Å². The number of carbonyl (C=O) groups is 1. The number of hydrogen-bond donors (Lipinski definition) is 1. The number of halogens is 1. The van der Waals surface area contributed by atoms with E-state index in [9.17, 15) is 4.79 Å². The van der Waals surface area contributed by atoms with Crippen molar-refractivity contribution in [3.63, 3.8) is 0 Å². The molecule has 1 unspecified atom stereocenters. The number of nitrogens with one attached hydrogen (secondary N) is 1. The lowest BCUT2D eigenvalue weighted by molar-refractivity contribution is -0.152. The SMILES string of the molecule is CC1(C)CC2(CCCNC2)C(=O)O1.Cl. The van der Waals surface area contributed by atoms with Gasteiger partial charge in [0.15, 0.2) is 0 Å². The maximum absolute atomic E-state index is 11.7. The second kappa shape index (κ2) is 3.70. The Balaban J connectivity index is 0.000000980. The standard InChI is InChI=1S/C10H17NO2.ClH/c1-9(2)6-10(8(12)13-9)4-3-5-11-7-10;/h11H,3-7H2,1-2H3;1H. The lowest BCUT2D eigenvalue weighted by Crippen LogP contribution is -2.43. The highest BCUT2D eigenvalue weighted by molar-refractivity contribution is 5.85. The summed E-state index contributed by atoms with van der Waals surface area (Å²) in [5.74, 6) is 0.00435. The molecule has 2 rings (SSSR count). The Labute approximate surface area is 91.0 Å². The highest BCUT2D eigenvalue weighted by Gasteiger charge is 2.52. The van der Waals surface area contributed by atoms with Gasteiger partial charge in [-0.15, -0.1) is 12.4 Å². The Hall–Kier alpha value is -0.280. The fourth-order valence-corrected chi connectivity index (χ4v) is 2.58. The molecule has 0 aliphatic carbocycles. The van der Waals surface area contributed by atoms with E-state index in [1.807, 2.05) is 13.8 Å². The van der Waals surface area contributed by atoms with Crippen LogP contribution in [-0.4, -0.2) is 24.7 Å². The summed E-state index contributed by atoms with van der Waals surface area (Å²) >= 11 is 0. The van der Waals surface area contributed by atoms with Crippen LogP contribution in [-0.2, 0) is 9.53 Å². The number of carbonyl (C=O) groups excluding carboxylic acids is 1. The summed E-state index contributed by atoms with van der Waals surface area (Å²) in [5.41, 5.74) is -0.460. The van der Waals surface area contributed by atoms with Crippen LogP contribution in [0, 0.1) is 5.41 Å². The molecule has 1 spiro atoms. The van der Waals surface area contributed by atoms with E-state index in [2.05, 4.69) is 5.32 Å². The third-order valence-electron chi connectivity index (χ3n) is 3.04. The molecule has 2 aliphatic rings. The Morgan fingerprint density at radius 2 is 2.14 bits per heavy atom. The molecule has 0 aromatic carbocycles. The molecule has 0 amide bonds. The lowest BCUT2D eigenvalue weighted by atomic mass is 9.76. The molecular formula is C10H18ClNO2. The molecule has 0 saturated carbocycles. The Morgan fingerprint density at radius 3 is 2.57 bits per heavy atom. The first kappa shape index (κ1) is 11.8. The molecule has 4 heteroatoms. The van der Waals surface area contributed by atoms with Crippen LogP contribution in [0.25, 0.3) is 0 Å². The Bertz CT molecular complexity index is 234. The largest absolute Gasteiger partial charge is 0.459 e. The van der Waals surface area contributed by atoms with Crippen LogP contribution < -0.4 is 5.32 Å². The van der Waals surface area contributed by atoms with Crippen LogP contribution in [0.15, 0.2) is 0 Å². The van der Waals surface area contributed by atoms with Crippen molar-refractivity contribution in [3.8, 4) is 0 Å². The fourth-order valence-electron chi connectivity index (χ4n) is 2.58. The average molecular weight is 220 g/mol. The third kappa shape index (κ3) is 1.89. The number of ether oxygens (including phenoxy) is 1. The highest BCUT2D eigenvalue weighted by Crippen LogP contribution is 2.44. The van der Waals surface area contributed by atoms with E-state index < -0.39 is 0 Å². The maximum Gasteiger partial charge on any atom is 0.314 e. The zero-order valence-corrected chi connectivity index (χ0v) is 9.58. The topological polar surface area (TPSA) is 38.3 Å². The minimum atomic E-state index is -0.254. The molecule has 82 valence electrons. The minimum absolute atomic E-state index is 0. The first-order chi connectivity index (χ1) is 6.04. The molecule has 14 heavy (non-hydrogen) atoms. The van der Waals surface area contributed by atoms with E-state index in [0.717, 1.165) is 32.4 Å². The van der Waals surface area contributed by atoms with Crippen molar-refractivity contribution >= 4 is 18.4 Å². The zero-order chi connectivity index (χ0) is 9.53. The van der Waals surface area contributed by atoms with E-state index in [4.69, 9.17) is 4.74 Å². The van der Waals surface area contributed by atoms with Crippen molar-refractivity contribution in [2.45, 2.75) is 38.7 Å². The van der Waals surface area contributed by atoms with Crippen LogP contribution in [0.1, 0.15) is 33.1 Å². The van der Waals surface area contributed by atoms with Gasteiger partial charge in [0.05, 0.1) is 5.41 Å². The molecular weight excluding hydrogens is 202 g/mol. The predicted octanol–water partition coefficient (Wildman–Crippen LogP) is 1.50. The van der Waals surface area contributed by atoms with Gasteiger partial charge in [0, 0.05) is 13.0 Å². The summed E-state index contributed by atoms with van der Waals surface area (Å²) in [4.78, 5) is 11.7. The summed E-state index contributed by atoms with van der Waals surface area (Å²) in [6.07, 6.45) is 2.94. The molecule has 2 saturated heterocycles. The van der Waals surface area contributed by atoms with Crippen LogP contribution in [0.4, 0.5) is 0 Å². The molecule has 0 aromatic rings. The summed E-state index contributed by atoms with van der Waals surface area (Å²) in [6, 6.07) is 0. The van der Waals surface area contributed by atoms with Crippen LogP contribution in [0.2, 0.25) is 0 Å². The number of esters is 1. The minimum Gasteiger partial charge on any atom is -0.459 e. The molecule has 3 nitrogen and oxygen atoms in total. The Morgan fingerprint density at radius 1 is 1.43 bits per heavy atom. The second-order valence-corrected chi connectivity index (χ2v) is 4.89. The molecule has 1 N–H and O–H groups in total. The molecule has 0 radical (unpaired) electrons. The third-order valence-corrected chi connectivity index (χ3v) is 3.04. The van der Waals surface area contributed by atoms with Crippen molar-refractivity contribution in [2.24, 2.45) is 5.41 Å². The smallest absolute Gasteiger partial charge is 0.314 e. The summed E-state index contributed by atoms with van der Waals surface area (Å²) in [7, 11) is 0. The van der Waals surface area contributed by atoms with Gasteiger partial charge < -0.3 is 10.1 Å². The average Bonchev–Trinajstić information content (AvgIpc) is 2.23. The van der Waals surface area contributed by atoms with Gasteiger partial charge in [0.2, 0.25) is 0 Å². The van der Waals surface area contributed by atoms with E-state index in [-0.39, 0.29) is 29.4 Å². The van der Waals surface area contributed by atoms with Crippen molar-refractivity contribution in [2.75, 3.05) is 13.1 Å². The number of cyclic esters (lactones) is 1. The van der Waals surface area contributed by atoms with Crippen molar-refractivity contribution in [3.05, 3.63) is 0 Å². The second-order valence-electron chi connectivity index (χ2n) is 4.89. The Kier molecular flexibility index (Phi) is 3.12. The van der Waals surface area contributed by atoms with Crippen molar-refractivity contribution < 1.29 is 9.53 Å². The van der Waals surface area contributed by atoms with E-state index in [0.29, 0.717) is 0 Å². The highest BCUT2D eigenvalue weighted by atomic mass is 35.5. The van der Waals surface area contributed by atoms with Gasteiger partial charge in [0.25, 0.3) is 0 Å². The van der Waals surface area contributed by atoms with Gasteiger partial charge in [-0.3, -0.25) is 4.79 Å². The first-order valence-corrected chi connectivity index (χ1v) is 4.98. The monoisotopic (exact) mass is 219 g/mol. The van der Waals surface area contributed by atoms with Crippen molar-refractivity contribution in [1.29, 1.82) is 0 Å². The molecule has 2 heterocycles. The number of piperidine rings is 1. The lowest BCUT2D eigenvalue weighted by Gasteiger charge is -2.30. The van der Waals surface area contributed by atoms with Gasteiger partial charge in [-0.2, -0.15) is 0 Å². The summed E-state index contributed by atoms with van der Waals surface area (Å²) in [5, 5.41) is 3.28. The molecule has 0 aromatic heterocycles. The predicted molar refractivity (Wildman–Crippen MR) is 56.6 cm³/mol. The van der Waals surface area contributed by atoms with Gasteiger partial charge in [-0.25, -0.2) is 0 Å². The summed E-state index contributed by atoms with van der Waals surface area (Å²) in [6.45, 7) is 5.83. The molecule has 2 fully saturated rings. The van der Waals surface area contributed by atoms with Gasteiger partial charge in [-0.1, -0.05) is 0 Å². The van der Waals surface area contributed by atoms with E-state index in [1.54, 1.807) is 0 Å². The van der Waals surface area contributed by atoms with Crippen LogP contribution in [0.3, 0.4) is 0 Å². The number of hydrogen-bond acceptors (Lipinski definition) is 3. The normalized spacial score (nSPS) is 35.1. The first-order valence-electron chi connectivity index (χ1n) is 4.98. The van der Waals surface area contributed by atoms with Gasteiger partial charge >= 0.3 is 5.97 Å². The van der Waals surface area contributed by atoms with Crippen LogP contribution >= 0.6 is 12.4 Å². The summed E-state index contributed by atoms with van der Waals surface area (Å²) < 4.78 is 5.36.